The number of ether oxygens (including phenoxy) is 1. The molecule has 1 N–H and O–H groups in total. The van der Waals surface area contributed by atoms with Crippen LogP contribution in [0.2, 0.25) is 0 Å². The number of aryl methyl sites for hydroxylation is 1. The quantitative estimate of drug-likeness (QED) is 0.869. The van der Waals surface area contributed by atoms with Crippen molar-refractivity contribution in [3.63, 3.8) is 0 Å². The zero-order valence-corrected chi connectivity index (χ0v) is 15.3. The lowest BCUT2D eigenvalue weighted by molar-refractivity contribution is -0.130. The second-order valence-corrected chi connectivity index (χ2v) is 7.54. The maximum absolute atomic E-state index is 12.7. The van der Waals surface area contributed by atoms with Gasteiger partial charge in [0.1, 0.15) is 11.9 Å². The first kappa shape index (κ1) is 17.9. The van der Waals surface area contributed by atoms with E-state index < -0.39 is 0 Å². The topological polar surface area (TPSA) is 76.5 Å². The molecule has 2 aliphatic rings. The third kappa shape index (κ3) is 4.03. The number of rotatable bonds is 5. The Kier molecular flexibility index (Phi) is 5.42. The van der Waals surface area contributed by atoms with Crippen molar-refractivity contribution in [3.05, 3.63) is 18.2 Å². The van der Waals surface area contributed by atoms with Gasteiger partial charge in [0.2, 0.25) is 11.8 Å². The minimum Gasteiger partial charge on any atom is -0.368 e. The predicted molar refractivity (Wildman–Crippen MR) is 92.6 cm³/mol. The van der Waals surface area contributed by atoms with Crippen molar-refractivity contribution >= 4 is 11.8 Å². The number of nitrogens with one attached hydrogen (secondary N) is 1. The van der Waals surface area contributed by atoms with Crippen LogP contribution in [0.3, 0.4) is 0 Å². The average molecular weight is 348 g/mol. The predicted octanol–water partition coefficient (Wildman–Crippen LogP) is 1.26. The minimum atomic E-state index is -0.268. The molecule has 0 aliphatic carbocycles. The van der Waals surface area contributed by atoms with Crippen LogP contribution in [0.25, 0.3) is 0 Å². The Hall–Kier alpha value is -1.89. The number of imidazole rings is 1. The van der Waals surface area contributed by atoms with Gasteiger partial charge in [0, 0.05) is 45.6 Å². The molecule has 1 aromatic heterocycles. The molecule has 2 amide bonds. The van der Waals surface area contributed by atoms with E-state index in [4.69, 9.17) is 4.74 Å². The second kappa shape index (κ2) is 7.56. The maximum Gasteiger partial charge on any atom is 0.225 e. The van der Waals surface area contributed by atoms with Crippen LogP contribution in [0.15, 0.2) is 12.4 Å². The number of hydrogen-bond donors (Lipinski definition) is 1. The molecule has 2 saturated heterocycles. The van der Waals surface area contributed by atoms with Crippen LogP contribution in [0.5, 0.6) is 0 Å². The van der Waals surface area contributed by atoms with E-state index in [1.165, 1.54) is 0 Å². The number of nitrogens with zero attached hydrogens (tertiary/aromatic N) is 3. The third-order valence-electron chi connectivity index (χ3n) is 4.93. The fourth-order valence-electron chi connectivity index (χ4n) is 3.70. The monoisotopic (exact) mass is 348 g/mol. The summed E-state index contributed by atoms with van der Waals surface area (Å²) < 4.78 is 7.83. The van der Waals surface area contributed by atoms with Gasteiger partial charge in [-0.2, -0.15) is 0 Å². The zero-order valence-electron chi connectivity index (χ0n) is 15.3. The summed E-state index contributed by atoms with van der Waals surface area (Å²) in [5.74, 6) is 0.998. The number of amides is 2. The van der Waals surface area contributed by atoms with Crippen LogP contribution in [-0.4, -0.2) is 52.0 Å². The van der Waals surface area contributed by atoms with Crippen LogP contribution in [0.1, 0.15) is 45.0 Å². The molecular formula is C18H28N4O3. The van der Waals surface area contributed by atoms with Crippen molar-refractivity contribution in [1.82, 2.24) is 19.8 Å². The van der Waals surface area contributed by atoms with Crippen molar-refractivity contribution in [1.29, 1.82) is 0 Å². The molecular weight excluding hydrogens is 320 g/mol. The van der Waals surface area contributed by atoms with Crippen LogP contribution in [0, 0.1) is 11.8 Å². The highest BCUT2D eigenvalue weighted by atomic mass is 16.5. The van der Waals surface area contributed by atoms with Gasteiger partial charge < -0.3 is 19.5 Å². The fourth-order valence-corrected chi connectivity index (χ4v) is 3.70. The highest BCUT2D eigenvalue weighted by Crippen LogP contribution is 2.28. The van der Waals surface area contributed by atoms with Crippen molar-refractivity contribution < 1.29 is 14.3 Å². The molecule has 25 heavy (non-hydrogen) atoms. The van der Waals surface area contributed by atoms with Gasteiger partial charge in [0.25, 0.3) is 0 Å². The minimum absolute atomic E-state index is 0.0469. The standard InChI is InChI=1S/C18H28N4O3/c1-12(2)10-22-11-13(9-15(22)23)18(24)20-14-5-4-8-25-16(14)17-19-6-7-21(17)3/h6-7,12-14,16H,4-5,8-11H2,1-3H3,(H,20,24)/t13?,14-,16-/m1/s1. The van der Waals surface area contributed by atoms with Crippen molar-refractivity contribution in [2.45, 2.75) is 45.3 Å². The van der Waals surface area contributed by atoms with Gasteiger partial charge in [-0.25, -0.2) is 4.98 Å². The molecule has 3 atom stereocenters. The Bertz CT molecular complexity index is 628. The van der Waals surface area contributed by atoms with E-state index in [1.54, 1.807) is 6.20 Å². The lowest BCUT2D eigenvalue weighted by Gasteiger charge is -2.32. The molecule has 3 rings (SSSR count). The van der Waals surface area contributed by atoms with Crippen LogP contribution >= 0.6 is 0 Å². The Morgan fingerprint density at radius 3 is 2.96 bits per heavy atom. The molecule has 7 heteroatoms. The van der Waals surface area contributed by atoms with Gasteiger partial charge in [0.15, 0.2) is 0 Å². The highest BCUT2D eigenvalue weighted by molar-refractivity contribution is 5.89. The van der Waals surface area contributed by atoms with Gasteiger partial charge in [-0.05, 0) is 18.8 Å². The smallest absolute Gasteiger partial charge is 0.225 e. The first-order valence-electron chi connectivity index (χ1n) is 9.12. The van der Waals surface area contributed by atoms with E-state index in [0.29, 0.717) is 32.0 Å². The maximum atomic E-state index is 12.7. The van der Waals surface area contributed by atoms with Crippen molar-refractivity contribution in [2.75, 3.05) is 19.7 Å². The van der Waals surface area contributed by atoms with Gasteiger partial charge in [0.05, 0.1) is 12.0 Å². The van der Waals surface area contributed by atoms with Crippen LogP contribution in [-0.2, 0) is 21.4 Å². The van der Waals surface area contributed by atoms with Crippen LogP contribution in [0.4, 0.5) is 0 Å². The summed E-state index contributed by atoms with van der Waals surface area (Å²) in [5, 5.41) is 3.12. The Balaban J connectivity index is 1.63. The molecule has 2 fully saturated rings. The lowest BCUT2D eigenvalue weighted by Crippen LogP contribution is -2.46. The first-order valence-corrected chi connectivity index (χ1v) is 9.12. The molecule has 0 saturated carbocycles. The lowest BCUT2D eigenvalue weighted by atomic mass is 9.99. The molecule has 0 spiro atoms. The van der Waals surface area contributed by atoms with Crippen LogP contribution < -0.4 is 5.32 Å². The first-order chi connectivity index (χ1) is 12.0. The molecule has 0 bridgehead atoms. The number of likely N-dealkylation sites (tertiary alicyclic amines) is 1. The molecule has 0 radical (unpaired) electrons. The summed E-state index contributed by atoms with van der Waals surface area (Å²) >= 11 is 0. The van der Waals surface area contributed by atoms with E-state index >= 15 is 0 Å². The van der Waals surface area contributed by atoms with Crippen molar-refractivity contribution in [2.24, 2.45) is 18.9 Å². The molecule has 0 aromatic carbocycles. The molecule has 1 unspecified atom stereocenters. The summed E-state index contributed by atoms with van der Waals surface area (Å²) in [6.07, 6.45) is 5.46. The third-order valence-corrected chi connectivity index (χ3v) is 4.93. The summed E-state index contributed by atoms with van der Waals surface area (Å²) in [7, 11) is 1.93. The number of hydrogen-bond acceptors (Lipinski definition) is 4. The van der Waals surface area contributed by atoms with Gasteiger partial charge >= 0.3 is 0 Å². The number of aromatic nitrogens is 2. The van der Waals surface area contributed by atoms with Gasteiger partial charge in [-0.1, -0.05) is 13.8 Å². The van der Waals surface area contributed by atoms with E-state index in [1.807, 2.05) is 22.7 Å². The van der Waals surface area contributed by atoms with Gasteiger partial charge in [-0.15, -0.1) is 0 Å². The summed E-state index contributed by atoms with van der Waals surface area (Å²) in [4.78, 5) is 31.0. The SMILES string of the molecule is CC(C)CN1CC(C(=O)N[C@@H]2CCCO[C@H]2c2nccn2C)CC1=O. The largest absolute Gasteiger partial charge is 0.368 e. The van der Waals surface area contributed by atoms with E-state index in [2.05, 4.69) is 24.1 Å². The summed E-state index contributed by atoms with van der Waals surface area (Å²) in [5.41, 5.74) is 0. The Labute approximate surface area is 148 Å². The zero-order chi connectivity index (χ0) is 18.0. The molecule has 1 aromatic rings. The average Bonchev–Trinajstić information content (AvgIpc) is 3.14. The molecule has 2 aliphatic heterocycles. The Morgan fingerprint density at radius 2 is 2.28 bits per heavy atom. The fraction of sp³-hybridized carbons (Fsp3) is 0.722. The molecule has 138 valence electrons. The molecule has 3 heterocycles. The van der Waals surface area contributed by atoms with E-state index in [9.17, 15) is 9.59 Å². The number of carbonyl (C=O) groups excluding carboxylic acids is 2. The number of carbonyl (C=O) groups is 2. The molecule has 7 nitrogen and oxygen atoms in total. The van der Waals surface area contributed by atoms with E-state index in [-0.39, 0.29) is 29.9 Å². The summed E-state index contributed by atoms with van der Waals surface area (Å²) in [6.45, 7) is 6.07. The Morgan fingerprint density at radius 1 is 1.48 bits per heavy atom. The summed E-state index contributed by atoms with van der Waals surface area (Å²) in [6, 6.07) is -0.100. The highest BCUT2D eigenvalue weighted by Gasteiger charge is 2.37. The van der Waals surface area contributed by atoms with Crippen molar-refractivity contribution in [3.8, 4) is 0 Å². The van der Waals surface area contributed by atoms with E-state index in [0.717, 1.165) is 18.7 Å². The van der Waals surface area contributed by atoms with Gasteiger partial charge in [-0.3, -0.25) is 9.59 Å². The second-order valence-electron chi connectivity index (χ2n) is 7.54. The normalized spacial score (nSPS) is 27.1.